The third-order valence-corrected chi connectivity index (χ3v) is 6.10. The summed E-state index contributed by atoms with van der Waals surface area (Å²) in [5.74, 6) is 0.595. The summed E-state index contributed by atoms with van der Waals surface area (Å²) in [6.45, 7) is 15.9. The molecule has 0 fully saturated rings. The lowest BCUT2D eigenvalue weighted by molar-refractivity contribution is -0.665. The first-order valence-electron chi connectivity index (χ1n) is 10.2. The summed E-state index contributed by atoms with van der Waals surface area (Å²) in [6.07, 6.45) is 1.17. The van der Waals surface area contributed by atoms with Gasteiger partial charge in [0.1, 0.15) is 7.05 Å². The molecule has 0 saturated heterocycles. The smallest absolute Gasteiger partial charge is 0.198 e. The fourth-order valence-corrected chi connectivity index (χ4v) is 3.81. The molecule has 0 bridgehead atoms. The lowest BCUT2D eigenvalue weighted by Gasteiger charge is -2.21. The van der Waals surface area contributed by atoms with Gasteiger partial charge in [-0.05, 0) is 58.9 Å². The summed E-state index contributed by atoms with van der Waals surface area (Å²) in [5, 5.41) is 2.68. The van der Waals surface area contributed by atoms with Crippen LogP contribution in [0.3, 0.4) is 0 Å². The zero-order chi connectivity index (χ0) is 19.9. The molecule has 0 N–H and O–H groups in total. The molecule has 3 rings (SSSR count). The zero-order valence-corrected chi connectivity index (χ0v) is 18.3. The summed E-state index contributed by atoms with van der Waals surface area (Å²) in [4.78, 5) is 0. The number of rotatable bonds is 3. The Morgan fingerprint density at radius 1 is 0.963 bits per heavy atom. The van der Waals surface area contributed by atoms with Gasteiger partial charge in [0.25, 0.3) is 0 Å². The Kier molecular flexibility index (Phi) is 5.16. The van der Waals surface area contributed by atoms with E-state index in [-0.39, 0.29) is 5.41 Å². The molecule has 1 heteroatoms. The first-order chi connectivity index (χ1) is 12.6. The number of pyridine rings is 1. The second-order valence-corrected chi connectivity index (χ2v) is 9.13. The van der Waals surface area contributed by atoms with Crippen LogP contribution in [0, 0.1) is 13.8 Å². The summed E-state index contributed by atoms with van der Waals surface area (Å²) in [7, 11) is 2.19. The van der Waals surface area contributed by atoms with Crippen molar-refractivity contribution in [1.29, 1.82) is 0 Å². The third-order valence-electron chi connectivity index (χ3n) is 6.10. The van der Waals surface area contributed by atoms with Crippen LogP contribution in [0.25, 0.3) is 22.0 Å². The standard InChI is InChI=1S/C26H34N/c1-9-17(2)20-11-13-23-21(15-20)14-19(4)27(8)25(23)24-16-22(26(5,6)7)12-10-18(24)3/h10-17H,9H2,1-8H3/q+1. The average molecular weight is 361 g/mol. The van der Waals surface area contributed by atoms with E-state index >= 15 is 0 Å². The molecule has 0 radical (unpaired) electrons. The van der Waals surface area contributed by atoms with Crippen LogP contribution in [-0.2, 0) is 12.5 Å². The predicted octanol–water partition coefficient (Wildman–Crippen LogP) is 6.76. The first-order valence-corrected chi connectivity index (χ1v) is 10.2. The Morgan fingerprint density at radius 3 is 2.30 bits per heavy atom. The highest BCUT2D eigenvalue weighted by molar-refractivity contribution is 5.94. The molecule has 27 heavy (non-hydrogen) atoms. The lowest BCUT2D eigenvalue weighted by Crippen LogP contribution is -2.35. The van der Waals surface area contributed by atoms with Crippen molar-refractivity contribution < 1.29 is 4.57 Å². The van der Waals surface area contributed by atoms with Gasteiger partial charge in [0.2, 0.25) is 5.69 Å². The Labute approximate surface area is 165 Å². The van der Waals surface area contributed by atoms with E-state index in [1.807, 2.05) is 0 Å². The lowest BCUT2D eigenvalue weighted by atomic mass is 9.84. The van der Waals surface area contributed by atoms with Crippen molar-refractivity contribution in [2.45, 2.75) is 66.2 Å². The Morgan fingerprint density at radius 2 is 1.67 bits per heavy atom. The van der Waals surface area contributed by atoms with Crippen LogP contribution < -0.4 is 4.57 Å². The van der Waals surface area contributed by atoms with Crippen LogP contribution in [0.5, 0.6) is 0 Å². The van der Waals surface area contributed by atoms with Crippen molar-refractivity contribution in [3.05, 3.63) is 64.8 Å². The van der Waals surface area contributed by atoms with Crippen molar-refractivity contribution in [1.82, 2.24) is 0 Å². The summed E-state index contributed by atoms with van der Waals surface area (Å²) in [6, 6.07) is 16.3. The topological polar surface area (TPSA) is 3.88 Å². The SMILES string of the molecule is CCC(C)c1ccc2c(-c3cc(C(C)(C)C)ccc3C)[n+](C)c(C)cc2c1. The molecule has 3 aromatic rings. The number of aryl methyl sites for hydroxylation is 2. The molecular formula is C26H34N+. The van der Waals surface area contributed by atoms with Crippen molar-refractivity contribution in [3.63, 3.8) is 0 Å². The largest absolute Gasteiger partial charge is 0.220 e. The minimum atomic E-state index is 0.143. The molecule has 142 valence electrons. The fourth-order valence-electron chi connectivity index (χ4n) is 3.81. The molecule has 1 atom stereocenters. The number of hydrogen-bond acceptors (Lipinski definition) is 0. The molecule has 1 heterocycles. The Bertz CT molecular complexity index is 989. The van der Waals surface area contributed by atoms with Crippen molar-refractivity contribution in [2.24, 2.45) is 7.05 Å². The monoisotopic (exact) mass is 360 g/mol. The van der Waals surface area contributed by atoms with E-state index in [1.165, 1.54) is 50.8 Å². The fraction of sp³-hybridized carbons (Fsp3) is 0.423. The number of aromatic nitrogens is 1. The first kappa shape index (κ1) is 19.6. The second-order valence-electron chi connectivity index (χ2n) is 9.13. The molecule has 0 aliphatic heterocycles. The number of fused-ring (bicyclic) bond motifs is 1. The van der Waals surface area contributed by atoms with Crippen LogP contribution in [-0.4, -0.2) is 0 Å². The van der Waals surface area contributed by atoms with E-state index in [4.69, 9.17) is 0 Å². The van der Waals surface area contributed by atoms with Gasteiger partial charge in [-0.15, -0.1) is 0 Å². The highest BCUT2D eigenvalue weighted by Crippen LogP contribution is 2.34. The number of nitrogens with zero attached hydrogens (tertiary/aromatic N) is 1. The predicted molar refractivity (Wildman–Crippen MR) is 117 cm³/mol. The minimum absolute atomic E-state index is 0.143. The Hall–Kier alpha value is -2.15. The molecule has 1 unspecified atom stereocenters. The van der Waals surface area contributed by atoms with Crippen LogP contribution in [0.4, 0.5) is 0 Å². The average Bonchev–Trinajstić information content (AvgIpc) is 2.61. The van der Waals surface area contributed by atoms with Crippen LogP contribution >= 0.6 is 0 Å². The van der Waals surface area contributed by atoms with E-state index in [2.05, 4.69) is 103 Å². The minimum Gasteiger partial charge on any atom is -0.198 e. The summed E-state index contributed by atoms with van der Waals surface area (Å²) in [5.41, 5.74) is 8.25. The van der Waals surface area contributed by atoms with Crippen molar-refractivity contribution >= 4 is 10.8 Å². The zero-order valence-electron chi connectivity index (χ0n) is 18.3. The van der Waals surface area contributed by atoms with Crippen molar-refractivity contribution in [2.75, 3.05) is 0 Å². The van der Waals surface area contributed by atoms with E-state index < -0.39 is 0 Å². The third kappa shape index (κ3) is 3.65. The summed E-state index contributed by atoms with van der Waals surface area (Å²) < 4.78 is 2.35. The second kappa shape index (κ2) is 7.11. The maximum Gasteiger partial charge on any atom is 0.220 e. The van der Waals surface area contributed by atoms with Gasteiger partial charge in [-0.25, -0.2) is 0 Å². The quantitative estimate of drug-likeness (QED) is 0.454. The molecule has 0 amide bonds. The van der Waals surface area contributed by atoms with E-state index in [0.29, 0.717) is 5.92 Å². The van der Waals surface area contributed by atoms with E-state index in [1.54, 1.807) is 0 Å². The van der Waals surface area contributed by atoms with Crippen LogP contribution in [0.2, 0.25) is 0 Å². The molecule has 2 aromatic carbocycles. The normalized spacial score (nSPS) is 13.2. The van der Waals surface area contributed by atoms with Gasteiger partial charge in [-0.1, -0.05) is 58.9 Å². The van der Waals surface area contributed by atoms with E-state index in [9.17, 15) is 0 Å². The van der Waals surface area contributed by atoms with Gasteiger partial charge in [-0.2, -0.15) is 4.57 Å². The van der Waals surface area contributed by atoms with Gasteiger partial charge in [0, 0.05) is 13.0 Å². The van der Waals surface area contributed by atoms with Gasteiger partial charge in [0.05, 0.1) is 10.9 Å². The molecule has 1 aromatic heterocycles. The number of hydrogen-bond donors (Lipinski definition) is 0. The molecule has 0 spiro atoms. The molecule has 0 aliphatic carbocycles. The molecule has 0 aliphatic rings. The molecule has 1 nitrogen and oxygen atoms in total. The molecule has 0 saturated carbocycles. The van der Waals surface area contributed by atoms with Crippen LogP contribution in [0.15, 0.2) is 42.5 Å². The number of benzene rings is 2. The summed E-state index contributed by atoms with van der Waals surface area (Å²) >= 11 is 0. The Balaban J connectivity index is 2.33. The highest BCUT2D eigenvalue weighted by atomic mass is 14.9. The highest BCUT2D eigenvalue weighted by Gasteiger charge is 2.23. The van der Waals surface area contributed by atoms with Gasteiger partial charge in [-0.3, -0.25) is 0 Å². The molecular weight excluding hydrogens is 326 g/mol. The maximum absolute atomic E-state index is 2.39. The van der Waals surface area contributed by atoms with Gasteiger partial charge < -0.3 is 0 Å². The van der Waals surface area contributed by atoms with Crippen molar-refractivity contribution in [3.8, 4) is 11.3 Å². The maximum atomic E-state index is 2.39. The van der Waals surface area contributed by atoms with E-state index in [0.717, 1.165) is 0 Å². The van der Waals surface area contributed by atoms with Gasteiger partial charge in [0.15, 0.2) is 5.69 Å². The van der Waals surface area contributed by atoms with Gasteiger partial charge >= 0.3 is 0 Å². The van der Waals surface area contributed by atoms with Crippen LogP contribution in [0.1, 0.15) is 69.3 Å².